The largest absolute Gasteiger partial charge is 0.416 e. The molecule has 1 aliphatic heterocycles. The van der Waals surface area contributed by atoms with E-state index in [4.69, 9.17) is 0 Å². The first-order valence-corrected chi connectivity index (χ1v) is 8.34. The van der Waals surface area contributed by atoms with Crippen LogP contribution in [0.25, 0.3) is 0 Å². The minimum absolute atomic E-state index is 0.0991. The van der Waals surface area contributed by atoms with E-state index < -0.39 is 23.6 Å². The Kier molecular flexibility index (Phi) is 5.39. The minimum Gasteiger partial charge on any atom is -0.315 e. The van der Waals surface area contributed by atoms with Gasteiger partial charge in [0.15, 0.2) is 0 Å². The first-order chi connectivity index (χ1) is 12.0. The lowest BCUT2D eigenvalue weighted by atomic mass is 9.92. The van der Waals surface area contributed by atoms with Crippen LogP contribution in [0.1, 0.15) is 29.2 Å². The second kappa shape index (κ2) is 7.54. The van der Waals surface area contributed by atoms with Gasteiger partial charge in [-0.1, -0.05) is 36.4 Å². The van der Waals surface area contributed by atoms with Crippen molar-refractivity contribution in [2.75, 3.05) is 26.2 Å². The molecule has 6 heteroatoms. The van der Waals surface area contributed by atoms with Gasteiger partial charge in [-0.25, -0.2) is 4.39 Å². The number of nitrogens with one attached hydrogen (secondary N) is 1. The van der Waals surface area contributed by atoms with Crippen LogP contribution in [0.3, 0.4) is 0 Å². The van der Waals surface area contributed by atoms with E-state index in [9.17, 15) is 17.6 Å². The van der Waals surface area contributed by atoms with Crippen LogP contribution in [0.5, 0.6) is 0 Å². The first kappa shape index (κ1) is 17.9. The molecule has 1 atom stereocenters. The van der Waals surface area contributed by atoms with Gasteiger partial charge in [-0.2, -0.15) is 13.2 Å². The fourth-order valence-electron chi connectivity index (χ4n) is 3.38. The molecule has 1 N–H and O–H groups in total. The molecule has 0 saturated carbocycles. The van der Waals surface area contributed by atoms with Crippen molar-refractivity contribution in [2.24, 2.45) is 0 Å². The summed E-state index contributed by atoms with van der Waals surface area (Å²) in [5.74, 6) is -0.485. The summed E-state index contributed by atoms with van der Waals surface area (Å²) in [4.78, 5) is 1.93. The predicted octanol–water partition coefficient (Wildman–Crippen LogP) is 4.23. The third-order valence-corrected chi connectivity index (χ3v) is 4.50. The Bertz CT molecular complexity index is 707. The van der Waals surface area contributed by atoms with Crippen LogP contribution >= 0.6 is 0 Å². The van der Waals surface area contributed by atoms with Crippen molar-refractivity contribution >= 4 is 0 Å². The summed E-state index contributed by atoms with van der Waals surface area (Å²) in [6.07, 6.45) is -3.68. The van der Waals surface area contributed by atoms with Crippen molar-refractivity contribution in [1.29, 1.82) is 0 Å². The lowest BCUT2D eigenvalue weighted by Gasteiger charge is -2.33. The fourth-order valence-corrected chi connectivity index (χ4v) is 3.38. The highest BCUT2D eigenvalue weighted by molar-refractivity contribution is 5.39. The molecule has 0 spiro atoms. The van der Waals surface area contributed by atoms with Gasteiger partial charge in [-0.05, 0) is 30.7 Å². The molecule has 2 aromatic carbocycles. The third kappa shape index (κ3) is 4.02. The Morgan fingerprint density at radius 1 is 0.880 bits per heavy atom. The Hall–Kier alpha value is -1.92. The van der Waals surface area contributed by atoms with Gasteiger partial charge >= 0.3 is 6.18 Å². The van der Waals surface area contributed by atoms with E-state index in [1.165, 1.54) is 18.2 Å². The normalized spacial score (nSPS) is 17.9. The van der Waals surface area contributed by atoms with Crippen LogP contribution < -0.4 is 5.32 Å². The molecule has 2 aromatic rings. The van der Waals surface area contributed by atoms with Crippen LogP contribution in [-0.4, -0.2) is 31.1 Å². The Labute approximate surface area is 144 Å². The number of benzene rings is 2. The zero-order valence-electron chi connectivity index (χ0n) is 13.7. The molecule has 0 amide bonds. The summed E-state index contributed by atoms with van der Waals surface area (Å²) < 4.78 is 55.1. The molecule has 2 nitrogen and oxygen atoms in total. The monoisotopic (exact) mass is 352 g/mol. The summed E-state index contributed by atoms with van der Waals surface area (Å²) in [7, 11) is 0. The summed E-state index contributed by atoms with van der Waals surface area (Å²) in [6, 6.07) is 10.8. The molecule has 134 valence electrons. The van der Waals surface area contributed by atoms with Crippen LogP contribution in [-0.2, 0) is 6.18 Å². The molecule has 0 aromatic heterocycles. The summed E-state index contributed by atoms with van der Waals surface area (Å²) in [5, 5.41) is 3.24. The average molecular weight is 352 g/mol. The average Bonchev–Trinajstić information content (AvgIpc) is 2.86. The zero-order valence-corrected chi connectivity index (χ0v) is 13.7. The molecular weight excluding hydrogens is 332 g/mol. The van der Waals surface area contributed by atoms with Gasteiger partial charge in [-0.3, -0.25) is 4.90 Å². The van der Waals surface area contributed by atoms with Crippen molar-refractivity contribution in [2.45, 2.75) is 18.6 Å². The number of nitrogens with zero attached hydrogens (tertiary/aromatic N) is 1. The SMILES string of the molecule is Fc1ccccc1C(c1ccccc1C(F)(F)F)N1CCCNCC1. The highest BCUT2D eigenvalue weighted by Crippen LogP contribution is 2.39. The van der Waals surface area contributed by atoms with E-state index in [-0.39, 0.29) is 11.1 Å². The van der Waals surface area contributed by atoms with Crippen molar-refractivity contribution in [3.63, 3.8) is 0 Å². The van der Waals surface area contributed by atoms with E-state index >= 15 is 0 Å². The Morgan fingerprint density at radius 3 is 2.28 bits per heavy atom. The molecule has 3 rings (SSSR count). The van der Waals surface area contributed by atoms with Gasteiger partial charge in [0.25, 0.3) is 0 Å². The molecule has 0 radical (unpaired) electrons. The second-order valence-electron chi connectivity index (χ2n) is 6.15. The van der Waals surface area contributed by atoms with Crippen LogP contribution in [0.4, 0.5) is 17.6 Å². The highest BCUT2D eigenvalue weighted by Gasteiger charge is 2.37. The van der Waals surface area contributed by atoms with Crippen molar-refractivity contribution in [1.82, 2.24) is 10.2 Å². The van der Waals surface area contributed by atoms with Gasteiger partial charge in [0.1, 0.15) is 5.82 Å². The Morgan fingerprint density at radius 2 is 1.56 bits per heavy atom. The molecule has 1 aliphatic rings. The smallest absolute Gasteiger partial charge is 0.315 e. The minimum atomic E-state index is -4.48. The molecule has 1 saturated heterocycles. The lowest BCUT2D eigenvalue weighted by molar-refractivity contribution is -0.138. The molecular formula is C19H20F4N2. The molecule has 0 bridgehead atoms. The van der Waals surface area contributed by atoms with Gasteiger partial charge in [0, 0.05) is 25.2 Å². The van der Waals surface area contributed by atoms with E-state index in [2.05, 4.69) is 5.32 Å². The fraction of sp³-hybridized carbons (Fsp3) is 0.368. The number of alkyl halides is 3. The van der Waals surface area contributed by atoms with E-state index in [1.54, 1.807) is 24.3 Å². The number of hydrogen-bond acceptors (Lipinski definition) is 2. The highest BCUT2D eigenvalue weighted by atomic mass is 19.4. The number of hydrogen-bond donors (Lipinski definition) is 1. The van der Waals surface area contributed by atoms with Crippen LogP contribution in [0, 0.1) is 5.82 Å². The maximum Gasteiger partial charge on any atom is 0.416 e. The zero-order chi connectivity index (χ0) is 17.9. The summed E-state index contributed by atoms with van der Waals surface area (Å²) in [6.45, 7) is 2.64. The van der Waals surface area contributed by atoms with Crippen molar-refractivity contribution < 1.29 is 17.6 Å². The third-order valence-electron chi connectivity index (χ3n) is 4.50. The van der Waals surface area contributed by atoms with Crippen molar-refractivity contribution in [3.05, 3.63) is 71.0 Å². The Balaban J connectivity index is 2.14. The van der Waals surface area contributed by atoms with Gasteiger partial charge < -0.3 is 5.32 Å². The van der Waals surface area contributed by atoms with Gasteiger partial charge in [0.05, 0.1) is 11.6 Å². The lowest BCUT2D eigenvalue weighted by Crippen LogP contribution is -2.34. The van der Waals surface area contributed by atoms with Gasteiger partial charge in [0.2, 0.25) is 0 Å². The van der Waals surface area contributed by atoms with Gasteiger partial charge in [-0.15, -0.1) is 0 Å². The summed E-state index contributed by atoms with van der Waals surface area (Å²) >= 11 is 0. The molecule has 1 unspecified atom stereocenters. The van der Waals surface area contributed by atoms with E-state index in [1.807, 2.05) is 4.90 Å². The molecule has 1 fully saturated rings. The topological polar surface area (TPSA) is 15.3 Å². The molecule has 1 heterocycles. The predicted molar refractivity (Wildman–Crippen MR) is 88.7 cm³/mol. The maximum atomic E-state index is 14.5. The van der Waals surface area contributed by atoms with E-state index in [0.29, 0.717) is 19.6 Å². The number of rotatable bonds is 3. The van der Waals surface area contributed by atoms with Crippen molar-refractivity contribution in [3.8, 4) is 0 Å². The maximum absolute atomic E-state index is 14.5. The second-order valence-corrected chi connectivity index (χ2v) is 6.15. The number of halogens is 4. The van der Waals surface area contributed by atoms with E-state index in [0.717, 1.165) is 19.0 Å². The first-order valence-electron chi connectivity index (χ1n) is 8.34. The standard InChI is InChI=1S/C19H20F4N2/c20-17-9-4-2-7-15(17)18(25-12-5-10-24-11-13-25)14-6-1-3-8-16(14)19(21,22)23/h1-4,6-9,18,24H,5,10-13H2. The van der Waals surface area contributed by atoms with Crippen LogP contribution in [0.15, 0.2) is 48.5 Å². The summed E-state index contributed by atoms with van der Waals surface area (Å²) in [5.41, 5.74) is -0.330. The molecule has 25 heavy (non-hydrogen) atoms. The van der Waals surface area contributed by atoms with Crippen LogP contribution in [0.2, 0.25) is 0 Å². The quantitative estimate of drug-likeness (QED) is 0.832. The molecule has 0 aliphatic carbocycles.